The van der Waals surface area contributed by atoms with Gasteiger partial charge in [0, 0.05) is 11.8 Å². The van der Waals surface area contributed by atoms with Crippen LogP contribution in [0.2, 0.25) is 0 Å². The maximum absolute atomic E-state index is 12.7. The summed E-state index contributed by atoms with van der Waals surface area (Å²) in [5, 5.41) is 31.6. The predicted molar refractivity (Wildman–Crippen MR) is 85.2 cm³/mol. The summed E-state index contributed by atoms with van der Waals surface area (Å²) in [7, 11) is 0. The van der Waals surface area contributed by atoms with Crippen molar-refractivity contribution < 1.29 is 29.6 Å². The molecule has 0 aromatic rings. The van der Waals surface area contributed by atoms with Crippen LogP contribution < -0.4 is 0 Å². The Labute approximate surface area is 145 Å². The van der Waals surface area contributed by atoms with Crippen molar-refractivity contribution in [3.05, 3.63) is 24.3 Å². The number of ether oxygens (including phenoxy) is 1. The van der Waals surface area contributed by atoms with Gasteiger partial charge in [0.1, 0.15) is 11.0 Å². The number of carboxylic acids is 1. The molecule has 5 rings (SSSR count). The molecule has 6 nitrogen and oxygen atoms in total. The minimum Gasteiger partial charge on any atom is -0.481 e. The fourth-order valence-electron chi connectivity index (χ4n) is 7.13. The molecule has 5 aliphatic rings. The lowest BCUT2D eigenvalue weighted by Gasteiger charge is -2.44. The number of carbonyl (C=O) groups excluding carboxylic acids is 1. The Morgan fingerprint density at radius 1 is 1.44 bits per heavy atom. The van der Waals surface area contributed by atoms with Crippen LogP contribution in [0, 0.1) is 28.6 Å². The molecule has 8 atom stereocenters. The molecule has 1 spiro atoms. The molecule has 0 unspecified atom stereocenters. The number of carbonyl (C=O) groups is 2. The van der Waals surface area contributed by atoms with E-state index in [1.54, 1.807) is 19.1 Å². The Morgan fingerprint density at radius 2 is 2.16 bits per heavy atom. The SMILES string of the molecule is C=C1C[C@]23C[C@@]1(O)CC[C@@H]2[C@@]12C=C[C@@H](O)[C@@](C)(C(=O)O1)[C@@H]2[C@@H]3C(=O)O. The summed E-state index contributed by atoms with van der Waals surface area (Å²) in [6, 6.07) is 0. The van der Waals surface area contributed by atoms with Crippen LogP contribution >= 0.6 is 0 Å². The van der Waals surface area contributed by atoms with Crippen molar-refractivity contribution in [2.45, 2.75) is 49.9 Å². The van der Waals surface area contributed by atoms with Crippen LogP contribution in [-0.2, 0) is 14.3 Å². The summed E-state index contributed by atoms with van der Waals surface area (Å²) >= 11 is 0. The van der Waals surface area contributed by atoms with Gasteiger partial charge in [0.2, 0.25) is 0 Å². The molecular weight excluding hydrogens is 324 g/mol. The van der Waals surface area contributed by atoms with Gasteiger partial charge in [-0.1, -0.05) is 12.7 Å². The van der Waals surface area contributed by atoms with E-state index in [0.29, 0.717) is 31.3 Å². The van der Waals surface area contributed by atoms with Crippen molar-refractivity contribution in [3.8, 4) is 0 Å². The second-order valence-corrected chi connectivity index (χ2v) is 8.94. The number of esters is 1. The number of aliphatic hydroxyl groups is 2. The molecule has 0 aromatic carbocycles. The standard InChI is InChI=1S/C19H22O6/c1-9-7-17-8-18(9,24)5-3-10(17)19-6-4-11(20)16(2,15(23)25-19)13(19)12(17)14(21)22/h4,6,10-13,20,24H,1,3,5,7-8H2,2H3,(H,21,22)/t10-,11+,12+,13-,16+,17-,18-,19+/m0/s1. The molecule has 0 radical (unpaired) electrons. The molecule has 1 heterocycles. The lowest BCUT2D eigenvalue weighted by molar-refractivity contribution is -0.163. The molecule has 25 heavy (non-hydrogen) atoms. The monoisotopic (exact) mass is 346 g/mol. The Bertz CT molecular complexity index is 772. The van der Waals surface area contributed by atoms with Gasteiger partial charge in [0.25, 0.3) is 0 Å². The zero-order valence-corrected chi connectivity index (χ0v) is 14.1. The van der Waals surface area contributed by atoms with E-state index in [9.17, 15) is 24.9 Å². The zero-order chi connectivity index (χ0) is 18.0. The van der Waals surface area contributed by atoms with Crippen molar-refractivity contribution in [1.82, 2.24) is 0 Å². The highest BCUT2D eigenvalue weighted by molar-refractivity contribution is 5.86. The number of hydrogen-bond acceptors (Lipinski definition) is 5. The second-order valence-electron chi connectivity index (χ2n) is 8.94. The lowest BCUT2D eigenvalue weighted by Crippen LogP contribution is -2.50. The van der Waals surface area contributed by atoms with Gasteiger partial charge >= 0.3 is 11.9 Å². The van der Waals surface area contributed by atoms with Gasteiger partial charge in [-0.25, -0.2) is 0 Å². The number of rotatable bonds is 1. The minimum absolute atomic E-state index is 0.180. The van der Waals surface area contributed by atoms with E-state index in [1.165, 1.54) is 0 Å². The fourth-order valence-corrected chi connectivity index (χ4v) is 7.13. The highest BCUT2D eigenvalue weighted by Gasteiger charge is 2.83. The number of fused-ring (bicyclic) bond motifs is 1. The first-order valence-electron chi connectivity index (χ1n) is 8.86. The van der Waals surface area contributed by atoms with Crippen LogP contribution in [0.15, 0.2) is 24.3 Å². The smallest absolute Gasteiger partial charge is 0.316 e. The molecule has 0 amide bonds. The summed E-state index contributed by atoms with van der Waals surface area (Å²) < 4.78 is 5.87. The topological polar surface area (TPSA) is 104 Å². The summed E-state index contributed by atoms with van der Waals surface area (Å²) in [6.07, 6.45) is 4.11. The summed E-state index contributed by atoms with van der Waals surface area (Å²) in [5.41, 5.74) is -3.29. The zero-order valence-electron chi connectivity index (χ0n) is 14.1. The Hall–Kier alpha value is -1.66. The Balaban J connectivity index is 1.78. The summed E-state index contributed by atoms with van der Waals surface area (Å²) in [5.74, 6) is -3.18. The highest BCUT2D eigenvalue weighted by atomic mass is 16.6. The molecular formula is C19H22O6. The van der Waals surface area contributed by atoms with Crippen LogP contribution in [0.3, 0.4) is 0 Å². The van der Waals surface area contributed by atoms with Crippen molar-refractivity contribution in [3.63, 3.8) is 0 Å². The normalized spacial score (nSPS) is 58.0. The third kappa shape index (κ3) is 1.36. The molecule has 0 aromatic heterocycles. The largest absolute Gasteiger partial charge is 0.481 e. The fraction of sp³-hybridized carbons (Fsp3) is 0.684. The van der Waals surface area contributed by atoms with E-state index in [-0.39, 0.29) is 5.92 Å². The molecule has 4 aliphatic carbocycles. The maximum Gasteiger partial charge on any atom is 0.316 e. The average molecular weight is 346 g/mol. The van der Waals surface area contributed by atoms with E-state index < -0.39 is 51.9 Å². The quantitative estimate of drug-likeness (QED) is 0.484. The average Bonchev–Trinajstić information content (AvgIpc) is 2.95. The van der Waals surface area contributed by atoms with Crippen LogP contribution in [0.1, 0.15) is 32.6 Å². The van der Waals surface area contributed by atoms with Crippen molar-refractivity contribution in [1.29, 1.82) is 0 Å². The van der Waals surface area contributed by atoms with Crippen molar-refractivity contribution in [2.75, 3.05) is 0 Å². The van der Waals surface area contributed by atoms with Gasteiger partial charge in [-0.15, -0.1) is 0 Å². The predicted octanol–water partition coefficient (Wildman–Crippen LogP) is 1.03. The molecule has 4 fully saturated rings. The Morgan fingerprint density at radius 3 is 2.84 bits per heavy atom. The number of aliphatic hydroxyl groups excluding tert-OH is 1. The van der Waals surface area contributed by atoms with Crippen LogP contribution in [-0.4, -0.2) is 44.6 Å². The van der Waals surface area contributed by atoms with Crippen LogP contribution in [0.4, 0.5) is 0 Å². The first-order chi connectivity index (χ1) is 11.6. The lowest BCUT2D eigenvalue weighted by atomic mass is 9.61. The van der Waals surface area contributed by atoms with Gasteiger partial charge in [0.15, 0.2) is 0 Å². The van der Waals surface area contributed by atoms with Crippen LogP contribution in [0.5, 0.6) is 0 Å². The van der Waals surface area contributed by atoms with Crippen molar-refractivity contribution >= 4 is 11.9 Å². The molecule has 1 aliphatic heterocycles. The Kier molecular flexibility index (Phi) is 2.50. The maximum atomic E-state index is 12.7. The molecule has 3 saturated carbocycles. The molecule has 134 valence electrons. The first-order valence-corrected chi connectivity index (χ1v) is 8.86. The van der Waals surface area contributed by atoms with Gasteiger partial charge in [-0.05, 0) is 49.7 Å². The van der Waals surface area contributed by atoms with E-state index in [2.05, 4.69) is 6.58 Å². The third-order valence-electron chi connectivity index (χ3n) is 8.12. The van der Waals surface area contributed by atoms with Crippen molar-refractivity contribution in [2.24, 2.45) is 28.6 Å². The minimum atomic E-state index is -1.27. The van der Waals surface area contributed by atoms with E-state index >= 15 is 0 Å². The first kappa shape index (κ1) is 15.6. The highest BCUT2D eigenvalue weighted by Crippen LogP contribution is 2.77. The molecule has 1 saturated heterocycles. The van der Waals surface area contributed by atoms with E-state index in [4.69, 9.17) is 4.74 Å². The third-order valence-corrected chi connectivity index (χ3v) is 8.12. The number of aliphatic carboxylic acids is 1. The molecule has 6 heteroatoms. The molecule has 3 N–H and O–H groups in total. The summed E-state index contributed by atoms with van der Waals surface area (Å²) in [6.45, 7) is 5.64. The van der Waals surface area contributed by atoms with Gasteiger partial charge < -0.3 is 20.1 Å². The van der Waals surface area contributed by atoms with E-state index in [0.717, 1.165) is 0 Å². The van der Waals surface area contributed by atoms with Crippen LogP contribution in [0.25, 0.3) is 0 Å². The van der Waals surface area contributed by atoms with Gasteiger partial charge in [-0.2, -0.15) is 0 Å². The van der Waals surface area contributed by atoms with E-state index in [1.807, 2.05) is 0 Å². The summed E-state index contributed by atoms with van der Waals surface area (Å²) in [4.78, 5) is 25.1. The number of hydrogen-bond donors (Lipinski definition) is 3. The molecule has 4 bridgehead atoms. The number of carboxylic acid groups (broad SMARTS) is 1. The van der Waals surface area contributed by atoms with Gasteiger partial charge in [0.05, 0.1) is 17.6 Å². The van der Waals surface area contributed by atoms with Gasteiger partial charge in [-0.3, -0.25) is 9.59 Å². The second kappa shape index (κ2) is 4.01.